The second kappa shape index (κ2) is 8.17. The van der Waals surface area contributed by atoms with Crippen LogP contribution in [-0.2, 0) is 45.0 Å². The summed E-state index contributed by atoms with van der Waals surface area (Å²) in [5.74, 6) is -2.48. The maximum Gasteiger partial charge on any atom is 0.408 e. The third kappa shape index (κ3) is 3.94. The molecule has 2 aliphatic heterocycles. The predicted molar refractivity (Wildman–Crippen MR) is 104 cm³/mol. The molecule has 1 aromatic rings. The molecule has 11 nitrogen and oxygen atoms in total. The van der Waals surface area contributed by atoms with E-state index in [9.17, 15) is 27.6 Å². The number of alkyl carbamates (subject to hydrolysis) is 1. The molecule has 1 unspecified atom stereocenters. The number of nitrogens with zero attached hydrogens (tertiary/aromatic N) is 1. The topological polar surface area (TPSA) is 145 Å². The van der Waals surface area contributed by atoms with E-state index in [0.717, 1.165) is 11.8 Å². The van der Waals surface area contributed by atoms with Crippen molar-refractivity contribution in [3.63, 3.8) is 0 Å². The smallest absolute Gasteiger partial charge is 0.408 e. The summed E-state index contributed by atoms with van der Waals surface area (Å²) in [6, 6.07) is 5.95. The number of sulfone groups is 1. The molecule has 2 aliphatic rings. The summed E-state index contributed by atoms with van der Waals surface area (Å²) in [5.41, 5.74) is 0.712. The zero-order valence-electron chi connectivity index (χ0n) is 17.1. The number of ether oxygens (including phenoxy) is 3. The fraction of sp³-hybridized carbons (Fsp3) is 0.474. The van der Waals surface area contributed by atoms with Gasteiger partial charge in [-0.2, -0.15) is 0 Å². The van der Waals surface area contributed by atoms with E-state index in [1.54, 1.807) is 30.3 Å². The lowest BCUT2D eigenvalue weighted by Gasteiger charge is -2.42. The normalized spacial score (nSPS) is 25.1. The summed E-state index contributed by atoms with van der Waals surface area (Å²) in [7, 11) is -4.07. The minimum atomic E-state index is -4.07. The zero-order valence-corrected chi connectivity index (χ0v) is 17.9. The Hall–Kier alpha value is -3.15. The fourth-order valence-corrected chi connectivity index (χ4v) is 5.77. The first-order chi connectivity index (χ1) is 14.5. The molecule has 2 saturated heterocycles. The predicted octanol–water partition coefficient (Wildman–Crippen LogP) is 0.0891. The van der Waals surface area contributed by atoms with E-state index < -0.39 is 62.8 Å². The van der Waals surface area contributed by atoms with E-state index in [-0.39, 0.29) is 6.61 Å². The molecule has 168 valence electrons. The number of benzene rings is 1. The van der Waals surface area contributed by atoms with E-state index in [2.05, 4.69) is 10.1 Å². The Labute approximate surface area is 178 Å². The van der Waals surface area contributed by atoms with E-state index in [1.807, 2.05) is 0 Å². The summed E-state index contributed by atoms with van der Waals surface area (Å²) < 4.78 is 38.7. The van der Waals surface area contributed by atoms with Crippen LogP contribution in [0.1, 0.15) is 26.3 Å². The van der Waals surface area contributed by atoms with Crippen molar-refractivity contribution in [3.8, 4) is 0 Å². The lowest BCUT2D eigenvalue weighted by Crippen LogP contribution is -2.72. The molecule has 1 aromatic carbocycles. The Kier molecular flexibility index (Phi) is 5.94. The van der Waals surface area contributed by atoms with Crippen molar-refractivity contribution in [2.45, 2.75) is 49.6 Å². The van der Waals surface area contributed by atoms with E-state index >= 15 is 0 Å². The Morgan fingerprint density at radius 3 is 2.35 bits per heavy atom. The van der Waals surface area contributed by atoms with Crippen LogP contribution in [-0.4, -0.2) is 66.3 Å². The third-order valence-corrected chi connectivity index (χ3v) is 8.07. The number of hydrogen-bond acceptors (Lipinski definition) is 9. The van der Waals surface area contributed by atoms with Crippen molar-refractivity contribution in [2.24, 2.45) is 0 Å². The van der Waals surface area contributed by atoms with Gasteiger partial charge in [-0.05, 0) is 19.4 Å². The molecule has 31 heavy (non-hydrogen) atoms. The first-order valence-electron chi connectivity index (χ1n) is 9.31. The van der Waals surface area contributed by atoms with Crippen molar-refractivity contribution in [1.82, 2.24) is 10.2 Å². The van der Waals surface area contributed by atoms with Crippen LogP contribution in [0.25, 0.3) is 0 Å². The highest BCUT2D eigenvalue weighted by Gasteiger charge is 2.72. The molecular weight excluding hydrogens is 432 g/mol. The van der Waals surface area contributed by atoms with Crippen LogP contribution in [0.4, 0.5) is 4.79 Å². The van der Waals surface area contributed by atoms with Gasteiger partial charge in [0.05, 0.1) is 0 Å². The summed E-state index contributed by atoms with van der Waals surface area (Å²) in [5, 5.41) is 0.826. The Morgan fingerprint density at radius 2 is 1.74 bits per heavy atom. The van der Waals surface area contributed by atoms with Crippen LogP contribution in [0, 0.1) is 0 Å². The number of fused-ring (bicyclic) bond motifs is 1. The number of esters is 2. The van der Waals surface area contributed by atoms with Crippen molar-refractivity contribution < 1.29 is 41.8 Å². The Bertz CT molecular complexity index is 1010. The molecule has 2 fully saturated rings. The van der Waals surface area contributed by atoms with Gasteiger partial charge in [0, 0.05) is 6.92 Å². The van der Waals surface area contributed by atoms with Crippen molar-refractivity contribution in [3.05, 3.63) is 35.9 Å². The van der Waals surface area contributed by atoms with Crippen LogP contribution in [0.3, 0.4) is 0 Å². The maximum absolute atomic E-state index is 13.0. The van der Waals surface area contributed by atoms with Gasteiger partial charge < -0.3 is 24.4 Å². The summed E-state index contributed by atoms with van der Waals surface area (Å²) in [6.45, 7) is 2.92. The minimum Gasteiger partial charge on any atom is -0.445 e. The summed E-state index contributed by atoms with van der Waals surface area (Å²) in [4.78, 5) is 48.9. The van der Waals surface area contributed by atoms with Gasteiger partial charge in [-0.1, -0.05) is 30.3 Å². The Morgan fingerprint density at radius 1 is 1.10 bits per heavy atom. The van der Waals surface area contributed by atoms with Crippen LogP contribution < -0.4 is 5.32 Å². The van der Waals surface area contributed by atoms with Gasteiger partial charge in [-0.25, -0.2) is 18.0 Å². The van der Waals surface area contributed by atoms with Gasteiger partial charge in [0.15, 0.2) is 15.2 Å². The highest BCUT2D eigenvalue weighted by atomic mass is 32.2. The lowest BCUT2D eigenvalue weighted by molar-refractivity contribution is -0.175. The number of carbonyl (C=O) groups excluding carboxylic acids is 4. The van der Waals surface area contributed by atoms with E-state index in [0.29, 0.717) is 5.56 Å². The Balaban J connectivity index is 1.70. The monoisotopic (exact) mass is 454 g/mol. The molecule has 0 bridgehead atoms. The maximum atomic E-state index is 13.0. The second-order valence-corrected chi connectivity index (χ2v) is 10.2. The molecule has 12 heteroatoms. The largest absolute Gasteiger partial charge is 0.445 e. The van der Waals surface area contributed by atoms with Gasteiger partial charge in [0.1, 0.15) is 23.4 Å². The minimum absolute atomic E-state index is 0.0642. The quantitative estimate of drug-likeness (QED) is 0.359. The van der Waals surface area contributed by atoms with Gasteiger partial charge in [0.2, 0.25) is 12.7 Å². The van der Waals surface area contributed by atoms with Crippen LogP contribution in [0.2, 0.25) is 0 Å². The third-order valence-electron chi connectivity index (χ3n) is 5.24. The van der Waals surface area contributed by atoms with Crippen molar-refractivity contribution in [2.75, 3.05) is 6.79 Å². The van der Waals surface area contributed by atoms with Crippen molar-refractivity contribution in [1.29, 1.82) is 0 Å². The van der Waals surface area contributed by atoms with Gasteiger partial charge >= 0.3 is 18.0 Å². The fourth-order valence-electron chi connectivity index (χ4n) is 3.56. The molecule has 0 spiro atoms. The SMILES string of the molecule is CC(=O)OCOC(=O)[C@@H]1N2C(=O)C(NC(=O)OCc3ccccc3)[C@H]2S(=O)(=O)C1(C)C. The molecule has 3 atom stereocenters. The number of nitrogens with one attached hydrogen (secondary N) is 1. The van der Waals surface area contributed by atoms with Gasteiger partial charge in [-0.15, -0.1) is 0 Å². The molecule has 1 N–H and O–H groups in total. The number of β-lactam (4-membered cyclic amide) rings is 1. The summed E-state index contributed by atoms with van der Waals surface area (Å²) in [6.07, 6.45) is -0.962. The van der Waals surface area contributed by atoms with Crippen LogP contribution >= 0.6 is 0 Å². The molecule has 2 amide bonds. The number of rotatable bonds is 6. The second-order valence-electron chi connectivity index (χ2n) is 7.59. The zero-order chi connectivity index (χ0) is 23.0. The molecular formula is C19H22N2O9S. The highest BCUT2D eigenvalue weighted by Crippen LogP contribution is 2.46. The molecule has 0 saturated carbocycles. The van der Waals surface area contributed by atoms with E-state index in [4.69, 9.17) is 9.47 Å². The molecule has 2 heterocycles. The number of carbonyl (C=O) groups is 4. The van der Waals surface area contributed by atoms with Crippen molar-refractivity contribution >= 4 is 33.8 Å². The molecule has 3 rings (SSSR count). The highest BCUT2D eigenvalue weighted by molar-refractivity contribution is 7.94. The molecule has 0 aliphatic carbocycles. The van der Waals surface area contributed by atoms with Gasteiger partial charge in [0.25, 0.3) is 0 Å². The number of hydrogen-bond donors (Lipinski definition) is 1. The number of amides is 2. The average molecular weight is 454 g/mol. The standard InChI is InChI=1S/C19H22N2O9S/c1-11(22)29-10-30-17(24)14-19(2,3)31(26,27)16-13(15(23)21(14)16)20-18(25)28-9-12-7-5-4-6-8-12/h4-8,13-14,16H,9-10H2,1-3H3,(H,20,25)/t13?,14-,16+/m0/s1. The first-order valence-corrected chi connectivity index (χ1v) is 10.9. The van der Waals surface area contributed by atoms with Crippen LogP contribution in [0.15, 0.2) is 30.3 Å². The average Bonchev–Trinajstić information content (AvgIpc) is 2.85. The van der Waals surface area contributed by atoms with Crippen LogP contribution in [0.5, 0.6) is 0 Å². The molecule has 0 aromatic heterocycles. The first kappa shape index (κ1) is 22.5. The molecule has 0 radical (unpaired) electrons. The van der Waals surface area contributed by atoms with E-state index in [1.165, 1.54) is 13.8 Å². The van der Waals surface area contributed by atoms with Gasteiger partial charge in [-0.3, -0.25) is 9.59 Å². The summed E-state index contributed by atoms with van der Waals surface area (Å²) >= 11 is 0. The lowest BCUT2D eigenvalue weighted by atomic mass is 9.96.